The Morgan fingerprint density at radius 1 is 1.15 bits per heavy atom. The summed E-state index contributed by atoms with van der Waals surface area (Å²) in [5.74, 6) is -0.212. The van der Waals surface area contributed by atoms with E-state index in [-0.39, 0.29) is 5.91 Å². The maximum Gasteiger partial charge on any atom is 0.251 e. The van der Waals surface area contributed by atoms with E-state index in [0.717, 1.165) is 24.0 Å². The Morgan fingerprint density at radius 3 is 2.58 bits per heavy atom. The van der Waals surface area contributed by atoms with Gasteiger partial charge in [-0.2, -0.15) is 0 Å². The Kier molecular flexibility index (Phi) is 5.13. The fourth-order valence-corrected chi connectivity index (χ4v) is 4.05. The van der Waals surface area contributed by atoms with E-state index in [4.69, 9.17) is 0 Å². The monoisotopic (exact) mass is 370 g/mol. The zero-order chi connectivity index (χ0) is 18.7. The van der Waals surface area contributed by atoms with Gasteiger partial charge in [0.1, 0.15) is 0 Å². The second-order valence-electron chi connectivity index (χ2n) is 6.47. The van der Waals surface area contributed by atoms with Crippen molar-refractivity contribution in [2.24, 2.45) is 0 Å². The predicted molar refractivity (Wildman–Crippen MR) is 106 cm³/mol. The van der Waals surface area contributed by atoms with Gasteiger partial charge in [0.15, 0.2) is 0 Å². The van der Waals surface area contributed by atoms with Crippen LogP contribution >= 0.6 is 0 Å². The molecule has 0 saturated carbocycles. The molecule has 1 aliphatic rings. The number of nitrogens with zero attached hydrogens (tertiary/aromatic N) is 1. The molecule has 1 N–H and O–H groups in total. The highest BCUT2D eigenvalue weighted by Crippen LogP contribution is 2.31. The van der Waals surface area contributed by atoms with E-state index in [1.54, 1.807) is 13.0 Å². The molecule has 0 unspecified atom stereocenters. The number of fused-ring (bicyclic) bond motifs is 1. The molecule has 5 nitrogen and oxygen atoms in total. The molecule has 1 aliphatic heterocycles. The highest BCUT2D eigenvalue weighted by molar-refractivity contribution is 7.92. The lowest BCUT2D eigenvalue weighted by Crippen LogP contribution is -2.34. The molecule has 6 heteroatoms. The molecule has 0 aliphatic carbocycles. The van der Waals surface area contributed by atoms with Crippen LogP contribution in [0.3, 0.4) is 0 Å². The van der Waals surface area contributed by atoms with E-state index >= 15 is 0 Å². The van der Waals surface area contributed by atoms with Crippen molar-refractivity contribution in [2.45, 2.75) is 19.8 Å². The van der Waals surface area contributed by atoms with Crippen LogP contribution in [0.1, 0.15) is 24.5 Å². The van der Waals surface area contributed by atoms with Gasteiger partial charge in [0, 0.05) is 17.8 Å². The van der Waals surface area contributed by atoms with Gasteiger partial charge in [-0.1, -0.05) is 36.4 Å². The Morgan fingerprint density at radius 2 is 1.88 bits per heavy atom. The van der Waals surface area contributed by atoms with Gasteiger partial charge in [-0.25, -0.2) is 8.42 Å². The fraction of sp³-hybridized carbons (Fsp3) is 0.250. The molecular weight excluding hydrogens is 348 g/mol. The van der Waals surface area contributed by atoms with Crippen molar-refractivity contribution >= 4 is 33.4 Å². The normalized spacial score (nSPS) is 14.7. The Balaban J connectivity index is 1.83. The zero-order valence-electron chi connectivity index (χ0n) is 14.9. The molecule has 0 aromatic heterocycles. The van der Waals surface area contributed by atoms with Crippen LogP contribution < -0.4 is 9.62 Å². The number of hydrogen-bond acceptors (Lipinski definition) is 3. The van der Waals surface area contributed by atoms with Gasteiger partial charge in [0.05, 0.1) is 11.9 Å². The second-order valence-corrected chi connectivity index (χ2v) is 8.38. The van der Waals surface area contributed by atoms with Crippen LogP contribution in [-0.2, 0) is 21.2 Å². The van der Waals surface area contributed by atoms with Crippen LogP contribution in [0, 0.1) is 0 Å². The summed E-state index contributed by atoms with van der Waals surface area (Å²) in [6.07, 6.45) is 4.66. The van der Waals surface area contributed by atoms with Crippen molar-refractivity contribution in [3.8, 4) is 0 Å². The minimum Gasteiger partial charge on any atom is -0.322 e. The Bertz CT molecular complexity index is 950. The highest BCUT2D eigenvalue weighted by atomic mass is 32.2. The van der Waals surface area contributed by atoms with Crippen LogP contribution in [0.15, 0.2) is 54.1 Å². The Hall–Kier alpha value is -2.60. The molecule has 0 spiro atoms. The number of aryl methyl sites for hydroxylation is 1. The van der Waals surface area contributed by atoms with Gasteiger partial charge < -0.3 is 5.32 Å². The number of rotatable bonds is 4. The molecule has 0 saturated heterocycles. The van der Waals surface area contributed by atoms with Crippen molar-refractivity contribution < 1.29 is 13.2 Å². The molecule has 26 heavy (non-hydrogen) atoms. The summed E-state index contributed by atoms with van der Waals surface area (Å²) in [6, 6.07) is 15.1. The van der Waals surface area contributed by atoms with Crippen LogP contribution in [0.5, 0.6) is 0 Å². The molecule has 0 atom stereocenters. The summed E-state index contributed by atoms with van der Waals surface area (Å²) < 4.78 is 25.5. The molecule has 136 valence electrons. The van der Waals surface area contributed by atoms with E-state index in [9.17, 15) is 13.2 Å². The number of carbonyl (C=O) groups is 1. The summed E-state index contributed by atoms with van der Waals surface area (Å²) in [5, 5.41) is 2.86. The molecular formula is C20H22N2O3S. The maximum atomic E-state index is 12.5. The lowest BCUT2D eigenvalue weighted by molar-refractivity contribution is -0.112. The number of benzene rings is 2. The van der Waals surface area contributed by atoms with E-state index in [1.807, 2.05) is 48.5 Å². The molecule has 2 aromatic carbocycles. The minimum absolute atomic E-state index is 0.212. The van der Waals surface area contributed by atoms with Gasteiger partial charge in [-0.05, 0) is 49.1 Å². The molecule has 0 radical (unpaired) electrons. The average Bonchev–Trinajstić information content (AvgIpc) is 2.61. The van der Waals surface area contributed by atoms with E-state index in [0.29, 0.717) is 23.5 Å². The fourth-order valence-electron chi connectivity index (χ4n) is 3.06. The van der Waals surface area contributed by atoms with Gasteiger partial charge in [0.25, 0.3) is 5.91 Å². The maximum absolute atomic E-state index is 12.5. The molecule has 3 rings (SSSR count). The summed E-state index contributed by atoms with van der Waals surface area (Å²) >= 11 is 0. The van der Waals surface area contributed by atoms with Crippen LogP contribution in [0.2, 0.25) is 0 Å². The minimum atomic E-state index is -3.33. The molecule has 0 fully saturated rings. The molecule has 0 bridgehead atoms. The summed E-state index contributed by atoms with van der Waals surface area (Å²) in [7, 11) is -3.33. The van der Waals surface area contributed by atoms with Gasteiger partial charge >= 0.3 is 0 Å². The summed E-state index contributed by atoms with van der Waals surface area (Å²) in [4.78, 5) is 12.5. The number of anilines is 2. The molecule has 2 aromatic rings. The third-order valence-corrected chi connectivity index (χ3v) is 5.54. The van der Waals surface area contributed by atoms with Gasteiger partial charge in [-0.3, -0.25) is 9.10 Å². The average molecular weight is 370 g/mol. The third kappa shape index (κ3) is 4.14. The van der Waals surface area contributed by atoms with Crippen LogP contribution in [0.25, 0.3) is 6.08 Å². The van der Waals surface area contributed by atoms with Crippen molar-refractivity contribution in [1.29, 1.82) is 0 Å². The van der Waals surface area contributed by atoms with E-state index in [2.05, 4.69) is 5.32 Å². The molecule has 1 heterocycles. The number of nitrogens with one attached hydrogen (secondary N) is 1. The standard InChI is InChI=1S/C20H22N2O3S/c1-15(13-16-7-4-3-5-8-16)20(23)21-18-11-10-17-9-6-12-22(19(17)14-18)26(2,24)25/h3-5,7-8,10-11,13-14H,6,9,12H2,1-2H3,(H,21,23)/b15-13+. The van der Waals surface area contributed by atoms with Crippen LogP contribution in [0.4, 0.5) is 11.4 Å². The largest absolute Gasteiger partial charge is 0.322 e. The van der Waals surface area contributed by atoms with Gasteiger partial charge in [-0.15, -0.1) is 0 Å². The molecule has 1 amide bonds. The first-order valence-electron chi connectivity index (χ1n) is 8.50. The van der Waals surface area contributed by atoms with E-state index in [1.165, 1.54) is 10.6 Å². The summed E-state index contributed by atoms with van der Waals surface area (Å²) in [6.45, 7) is 2.22. The topological polar surface area (TPSA) is 66.5 Å². The number of amides is 1. The van der Waals surface area contributed by atoms with Crippen molar-refractivity contribution in [1.82, 2.24) is 0 Å². The predicted octanol–water partition coefficient (Wildman–Crippen LogP) is 3.44. The third-order valence-electron chi connectivity index (χ3n) is 4.36. The zero-order valence-corrected chi connectivity index (χ0v) is 15.7. The number of hydrogen-bond donors (Lipinski definition) is 1. The van der Waals surface area contributed by atoms with Crippen LogP contribution in [-0.4, -0.2) is 27.1 Å². The number of carbonyl (C=O) groups excluding carboxylic acids is 1. The second kappa shape index (κ2) is 7.33. The first-order valence-corrected chi connectivity index (χ1v) is 10.3. The van der Waals surface area contributed by atoms with Crippen molar-refractivity contribution in [2.75, 3.05) is 22.4 Å². The highest BCUT2D eigenvalue weighted by Gasteiger charge is 2.24. The quantitative estimate of drug-likeness (QED) is 0.839. The summed E-state index contributed by atoms with van der Waals surface area (Å²) in [5.41, 5.74) is 3.75. The lowest BCUT2D eigenvalue weighted by Gasteiger charge is -2.29. The first kappa shape index (κ1) is 18.2. The SMILES string of the molecule is C/C(=C\c1ccccc1)C(=O)Nc1ccc2c(c1)N(S(C)(=O)=O)CCC2. The van der Waals surface area contributed by atoms with Crippen molar-refractivity contribution in [3.63, 3.8) is 0 Å². The lowest BCUT2D eigenvalue weighted by atomic mass is 10.0. The first-order chi connectivity index (χ1) is 12.3. The van der Waals surface area contributed by atoms with Crippen molar-refractivity contribution in [3.05, 3.63) is 65.2 Å². The van der Waals surface area contributed by atoms with E-state index < -0.39 is 10.0 Å². The smallest absolute Gasteiger partial charge is 0.251 e. The van der Waals surface area contributed by atoms with Gasteiger partial charge in [0.2, 0.25) is 10.0 Å². The Labute approximate surface area is 154 Å². The number of sulfonamides is 1.